The second-order valence-electron chi connectivity index (χ2n) is 7.69. The number of primary amides is 1. The van der Waals surface area contributed by atoms with Gasteiger partial charge in [0, 0.05) is 37.1 Å². The first-order valence-corrected chi connectivity index (χ1v) is 9.89. The zero-order chi connectivity index (χ0) is 21.3. The first kappa shape index (κ1) is 20.3. The van der Waals surface area contributed by atoms with Crippen LogP contribution in [0.5, 0.6) is 11.6 Å². The summed E-state index contributed by atoms with van der Waals surface area (Å²) in [6.07, 6.45) is 2.66. The van der Waals surface area contributed by atoms with E-state index in [4.69, 9.17) is 19.9 Å². The number of pyridine rings is 1. The molecule has 0 radical (unpaired) electrons. The van der Waals surface area contributed by atoms with Gasteiger partial charge in [-0.1, -0.05) is 0 Å². The van der Waals surface area contributed by atoms with Crippen LogP contribution in [0.2, 0.25) is 0 Å². The largest absolute Gasteiger partial charge is 0.496 e. The highest BCUT2D eigenvalue weighted by molar-refractivity contribution is 6.01. The number of nitrogens with two attached hydrogens (primary N) is 1. The van der Waals surface area contributed by atoms with Crippen LogP contribution in [-0.2, 0) is 9.53 Å². The number of ether oxygens (including phenoxy) is 3. The average Bonchev–Trinajstić information content (AvgIpc) is 3.06. The molecule has 0 spiro atoms. The zero-order valence-corrected chi connectivity index (χ0v) is 16.7. The normalized spacial score (nSPS) is 24.6. The van der Waals surface area contributed by atoms with Gasteiger partial charge in [-0.05, 0) is 36.4 Å². The minimum absolute atomic E-state index is 0.0520. The Morgan fingerprint density at radius 3 is 2.87 bits per heavy atom. The topological polar surface area (TPSA) is 113 Å². The highest BCUT2D eigenvalue weighted by atomic mass is 19.1. The summed E-state index contributed by atoms with van der Waals surface area (Å²) in [6.45, 7) is 1.02. The predicted molar refractivity (Wildman–Crippen MR) is 106 cm³/mol. The van der Waals surface area contributed by atoms with Gasteiger partial charge in [0.25, 0.3) is 11.8 Å². The van der Waals surface area contributed by atoms with Crippen molar-refractivity contribution < 1.29 is 28.2 Å². The van der Waals surface area contributed by atoms with Gasteiger partial charge in [0.1, 0.15) is 12.4 Å². The highest BCUT2D eigenvalue weighted by Crippen LogP contribution is 2.39. The van der Waals surface area contributed by atoms with Crippen LogP contribution in [0.1, 0.15) is 29.6 Å². The van der Waals surface area contributed by atoms with Crippen molar-refractivity contribution in [3.05, 3.63) is 30.0 Å². The van der Waals surface area contributed by atoms with Crippen molar-refractivity contribution in [1.82, 2.24) is 10.3 Å². The fraction of sp³-hybridized carbons (Fsp3) is 0.476. The monoisotopic (exact) mass is 417 g/mol. The highest BCUT2D eigenvalue weighted by Gasteiger charge is 2.53. The number of methoxy groups -OCH3 is 1. The Morgan fingerprint density at radius 1 is 1.40 bits per heavy atom. The molecular weight excluding hydrogens is 393 g/mol. The summed E-state index contributed by atoms with van der Waals surface area (Å²) in [5.41, 5.74) is 3.77. The predicted octanol–water partition coefficient (Wildman–Crippen LogP) is 1.74. The van der Waals surface area contributed by atoms with E-state index in [-0.39, 0.29) is 24.5 Å². The summed E-state index contributed by atoms with van der Waals surface area (Å²) in [6, 6.07) is 4.50. The maximum absolute atomic E-state index is 15.4. The Kier molecular flexibility index (Phi) is 5.46. The molecule has 2 aliphatic rings. The Hall–Kier alpha value is -2.94. The lowest BCUT2D eigenvalue weighted by Gasteiger charge is -2.31. The molecule has 30 heavy (non-hydrogen) atoms. The van der Waals surface area contributed by atoms with E-state index in [9.17, 15) is 9.59 Å². The maximum atomic E-state index is 15.4. The molecule has 2 aliphatic heterocycles. The number of hydrogen-bond donors (Lipinski definition) is 2. The van der Waals surface area contributed by atoms with Crippen LogP contribution < -0.4 is 20.5 Å². The van der Waals surface area contributed by atoms with Gasteiger partial charge in [0.2, 0.25) is 5.88 Å². The van der Waals surface area contributed by atoms with Crippen molar-refractivity contribution in [2.24, 2.45) is 11.7 Å². The molecule has 0 aliphatic carbocycles. The van der Waals surface area contributed by atoms with Crippen molar-refractivity contribution in [2.75, 3.05) is 26.9 Å². The number of amides is 2. The van der Waals surface area contributed by atoms with E-state index in [1.165, 1.54) is 7.11 Å². The van der Waals surface area contributed by atoms with E-state index in [2.05, 4.69) is 10.3 Å². The van der Waals surface area contributed by atoms with Gasteiger partial charge in [-0.2, -0.15) is 0 Å². The number of halogens is 1. The van der Waals surface area contributed by atoms with E-state index in [1.807, 2.05) is 0 Å². The maximum Gasteiger partial charge on any atom is 0.258 e. The third kappa shape index (κ3) is 3.65. The SMILES string of the molecule is COc1cc2c(OCC3C[C@@](F)(C4CCOCC4)C(=O)N3)nccc2cc1C(N)=O. The number of alkyl halides is 1. The number of benzene rings is 1. The molecule has 8 nitrogen and oxygen atoms in total. The fourth-order valence-corrected chi connectivity index (χ4v) is 4.25. The molecule has 2 atom stereocenters. The number of rotatable bonds is 6. The van der Waals surface area contributed by atoms with Crippen LogP contribution in [0.3, 0.4) is 0 Å². The van der Waals surface area contributed by atoms with Crippen molar-refractivity contribution in [2.45, 2.75) is 31.0 Å². The van der Waals surface area contributed by atoms with E-state index < -0.39 is 23.5 Å². The fourth-order valence-electron chi connectivity index (χ4n) is 4.25. The van der Waals surface area contributed by atoms with Gasteiger partial charge >= 0.3 is 0 Å². The van der Waals surface area contributed by atoms with Crippen LogP contribution in [0.15, 0.2) is 24.4 Å². The molecule has 3 heterocycles. The molecule has 1 aromatic heterocycles. The lowest BCUT2D eigenvalue weighted by atomic mass is 9.81. The van der Waals surface area contributed by atoms with Gasteiger partial charge in [-0.3, -0.25) is 9.59 Å². The second-order valence-corrected chi connectivity index (χ2v) is 7.69. The van der Waals surface area contributed by atoms with Gasteiger partial charge < -0.3 is 25.3 Å². The van der Waals surface area contributed by atoms with E-state index in [0.29, 0.717) is 48.5 Å². The third-order valence-corrected chi connectivity index (χ3v) is 5.86. The molecular formula is C21H24FN3O5. The molecule has 4 rings (SSSR count). The van der Waals surface area contributed by atoms with E-state index in [0.717, 1.165) is 0 Å². The van der Waals surface area contributed by atoms with Crippen LogP contribution in [0.25, 0.3) is 10.8 Å². The van der Waals surface area contributed by atoms with Gasteiger partial charge in [0.15, 0.2) is 5.67 Å². The van der Waals surface area contributed by atoms with E-state index in [1.54, 1.807) is 24.4 Å². The molecule has 1 aromatic carbocycles. The third-order valence-electron chi connectivity index (χ3n) is 5.86. The minimum Gasteiger partial charge on any atom is -0.496 e. The summed E-state index contributed by atoms with van der Waals surface area (Å²) >= 11 is 0. The lowest BCUT2D eigenvalue weighted by Crippen LogP contribution is -2.43. The first-order chi connectivity index (χ1) is 14.4. The molecule has 160 valence electrons. The Balaban J connectivity index is 1.51. The van der Waals surface area contributed by atoms with Crippen LogP contribution in [-0.4, -0.2) is 55.4 Å². The summed E-state index contributed by atoms with van der Waals surface area (Å²) in [5, 5.41) is 4.04. The number of fused-ring (bicyclic) bond motifs is 1. The minimum atomic E-state index is -1.90. The number of nitrogens with zero attached hydrogens (tertiary/aromatic N) is 1. The second kappa shape index (κ2) is 8.06. The van der Waals surface area contributed by atoms with Crippen molar-refractivity contribution in [3.63, 3.8) is 0 Å². The Labute approximate surface area is 172 Å². The standard InChI is InChI=1S/C21H24FN3O5/c1-28-17-9-15-12(8-16(17)18(23)26)2-5-24-19(15)30-11-14-10-21(22,20(27)25-14)13-3-6-29-7-4-13/h2,5,8-9,13-14H,3-4,6-7,10-11H2,1H3,(H2,23,26)(H,25,27)/t14?,21-/m1/s1. The smallest absolute Gasteiger partial charge is 0.258 e. The first-order valence-electron chi connectivity index (χ1n) is 9.89. The van der Waals surface area contributed by atoms with Crippen molar-refractivity contribution in [3.8, 4) is 11.6 Å². The zero-order valence-electron chi connectivity index (χ0n) is 16.7. The molecule has 2 aromatic rings. The van der Waals surface area contributed by atoms with Crippen LogP contribution in [0, 0.1) is 5.92 Å². The van der Waals surface area contributed by atoms with Crippen LogP contribution >= 0.6 is 0 Å². The van der Waals surface area contributed by atoms with E-state index >= 15 is 4.39 Å². The van der Waals surface area contributed by atoms with Gasteiger partial charge in [-0.25, -0.2) is 9.37 Å². The molecule has 2 amide bonds. The molecule has 2 saturated heterocycles. The summed E-state index contributed by atoms with van der Waals surface area (Å²) in [5.74, 6) is -0.915. The summed E-state index contributed by atoms with van der Waals surface area (Å²) < 4.78 is 31.8. The van der Waals surface area contributed by atoms with Crippen LogP contribution in [0.4, 0.5) is 4.39 Å². The number of aromatic nitrogens is 1. The van der Waals surface area contributed by atoms with Gasteiger partial charge in [-0.15, -0.1) is 0 Å². The number of nitrogens with one attached hydrogen (secondary N) is 1. The molecule has 0 saturated carbocycles. The van der Waals surface area contributed by atoms with Crippen molar-refractivity contribution >= 4 is 22.6 Å². The summed E-state index contributed by atoms with van der Waals surface area (Å²) in [7, 11) is 1.44. The van der Waals surface area contributed by atoms with Crippen molar-refractivity contribution in [1.29, 1.82) is 0 Å². The van der Waals surface area contributed by atoms with Gasteiger partial charge in [0.05, 0.1) is 18.7 Å². The Morgan fingerprint density at radius 2 is 2.17 bits per heavy atom. The molecule has 0 bridgehead atoms. The molecule has 3 N–H and O–H groups in total. The number of hydrogen-bond acceptors (Lipinski definition) is 6. The Bertz CT molecular complexity index is 979. The summed E-state index contributed by atoms with van der Waals surface area (Å²) in [4.78, 5) is 28.2. The average molecular weight is 417 g/mol. The number of carbonyl (C=O) groups excluding carboxylic acids is 2. The molecule has 9 heteroatoms. The molecule has 1 unspecified atom stereocenters. The quantitative estimate of drug-likeness (QED) is 0.740. The lowest BCUT2D eigenvalue weighted by molar-refractivity contribution is -0.134. The number of carbonyl (C=O) groups is 2. The molecule has 2 fully saturated rings.